The third kappa shape index (κ3) is 4.96. The minimum Gasteiger partial charge on any atom is -0.286 e. The van der Waals surface area contributed by atoms with E-state index in [0.29, 0.717) is 19.4 Å². The van der Waals surface area contributed by atoms with Gasteiger partial charge in [-0.25, -0.2) is 0 Å². The number of nitrogens with zero attached hydrogens (tertiary/aromatic N) is 4. The van der Waals surface area contributed by atoms with Gasteiger partial charge in [-0.05, 0) is 18.6 Å². The van der Waals surface area contributed by atoms with Gasteiger partial charge in [0.1, 0.15) is 5.69 Å². The Bertz CT molecular complexity index is 988. The SMILES string of the molecule is CN(N=Cc1cccc2c1N(C)[N+](=CCCCS(=O)(=O)O)C2)c1ccccc1. The van der Waals surface area contributed by atoms with Crippen LogP contribution < -0.4 is 10.0 Å². The van der Waals surface area contributed by atoms with Crippen LogP contribution in [0.4, 0.5) is 11.4 Å². The molecule has 0 fully saturated rings. The summed E-state index contributed by atoms with van der Waals surface area (Å²) >= 11 is 0. The van der Waals surface area contributed by atoms with Gasteiger partial charge in [0.05, 0.1) is 24.7 Å². The van der Waals surface area contributed by atoms with Gasteiger partial charge in [-0.1, -0.05) is 36.4 Å². The van der Waals surface area contributed by atoms with Crippen LogP contribution in [-0.2, 0) is 16.7 Å². The van der Waals surface area contributed by atoms with E-state index in [1.165, 1.54) is 5.56 Å². The van der Waals surface area contributed by atoms with Crippen molar-refractivity contribution >= 4 is 33.9 Å². The van der Waals surface area contributed by atoms with Gasteiger partial charge in [0.25, 0.3) is 10.1 Å². The van der Waals surface area contributed by atoms with Crippen LogP contribution in [0.2, 0.25) is 0 Å². The van der Waals surface area contributed by atoms with Gasteiger partial charge < -0.3 is 0 Å². The molecule has 1 aliphatic rings. The molecule has 0 unspecified atom stereocenters. The Morgan fingerprint density at radius 2 is 1.96 bits per heavy atom. The minimum absolute atomic E-state index is 0.224. The number of anilines is 2. The number of rotatable bonds is 7. The zero-order valence-electron chi connectivity index (χ0n) is 16.1. The Morgan fingerprint density at radius 3 is 2.68 bits per heavy atom. The van der Waals surface area contributed by atoms with Crippen LogP contribution >= 0.6 is 0 Å². The molecule has 1 aliphatic heterocycles. The molecule has 0 aromatic heterocycles. The van der Waals surface area contributed by atoms with E-state index >= 15 is 0 Å². The standard InChI is InChI=1S/C20H24N4O3S/c1-22(19-11-4-3-5-12-19)21-15-17-9-8-10-18-16-24(23(2)20(17)18)13-6-7-14-28(25,26)27/h3-5,8-13,15H,6-7,14,16H2,1-2H3/p+1. The number of hydrazine groups is 1. The Kier molecular flexibility index (Phi) is 6.11. The lowest BCUT2D eigenvalue weighted by Crippen LogP contribution is -2.26. The number of fused-ring (bicyclic) bond motifs is 1. The van der Waals surface area contributed by atoms with Crippen molar-refractivity contribution in [3.63, 3.8) is 0 Å². The van der Waals surface area contributed by atoms with E-state index < -0.39 is 10.1 Å². The van der Waals surface area contributed by atoms with Gasteiger partial charge in [0.2, 0.25) is 0 Å². The van der Waals surface area contributed by atoms with Crippen LogP contribution in [0.25, 0.3) is 0 Å². The highest BCUT2D eigenvalue weighted by Gasteiger charge is 2.29. The molecule has 0 radical (unpaired) electrons. The summed E-state index contributed by atoms with van der Waals surface area (Å²) in [7, 11) is -0.0201. The molecule has 0 spiro atoms. The summed E-state index contributed by atoms with van der Waals surface area (Å²) in [5, 5.41) is 8.44. The number of para-hydroxylation sites is 2. The highest BCUT2D eigenvalue weighted by Crippen LogP contribution is 2.30. The smallest absolute Gasteiger partial charge is 0.264 e. The molecule has 1 heterocycles. The van der Waals surface area contributed by atoms with Gasteiger partial charge in [-0.2, -0.15) is 18.5 Å². The van der Waals surface area contributed by atoms with Crippen molar-refractivity contribution in [3.8, 4) is 0 Å². The van der Waals surface area contributed by atoms with E-state index in [0.717, 1.165) is 16.9 Å². The van der Waals surface area contributed by atoms with Gasteiger partial charge in [-0.15, -0.1) is 4.68 Å². The Balaban J connectivity index is 1.74. The lowest BCUT2D eigenvalue weighted by Gasteiger charge is -2.13. The normalized spacial score (nSPS) is 15.4. The highest BCUT2D eigenvalue weighted by atomic mass is 32.2. The van der Waals surface area contributed by atoms with Crippen molar-refractivity contribution in [2.45, 2.75) is 19.4 Å². The van der Waals surface area contributed by atoms with Crippen LogP contribution in [0.5, 0.6) is 0 Å². The van der Waals surface area contributed by atoms with Crippen molar-refractivity contribution in [2.75, 3.05) is 29.9 Å². The highest BCUT2D eigenvalue weighted by molar-refractivity contribution is 7.85. The predicted molar refractivity (Wildman–Crippen MR) is 113 cm³/mol. The monoisotopic (exact) mass is 401 g/mol. The number of benzene rings is 2. The van der Waals surface area contributed by atoms with Gasteiger partial charge in [-0.3, -0.25) is 9.56 Å². The van der Waals surface area contributed by atoms with E-state index in [4.69, 9.17) is 4.55 Å². The fraction of sp³-hybridized carbons (Fsp3) is 0.300. The van der Waals surface area contributed by atoms with Crippen molar-refractivity contribution in [1.29, 1.82) is 0 Å². The summed E-state index contributed by atoms with van der Waals surface area (Å²) in [5.41, 5.74) is 4.28. The number of hydrogen-bond acceptors (Lipinski definition) is 5. The zero-order valence-corrected chi connectivity index (χ0v) is 16.9. The average Bonchev–Trinajstić information content (AvgIpc) is 2.99. The van der Waals surface area contributed by atoms with E-state index in [-0.39, 0.29) is 5.75 Å². The summed E-state index contributed by atoms with van der Waals surface area (Å²) < 4.78 is 32.6. The maximum atomic E-state index is 10.8. The largest absolute Gasteiger partial charge is 0.286 e. The van der Waals surface area contributed by atoms with E-state index in [1.807, 2.05) is 83.7 Å². The molecule has 8 heteroatoms. The first kappa shape index (κ1) is 20.0. The van der Waals surface area contributed by atoms with E-state index in [9.17, 15) is 8.42 Å². The fourth-order valence-electron chi connectivity index (χ4n) is 3.20. The Morgan fingerprint density at radius 1 is 1.21 bits per heavy atom. The number of hydrogen-bond donors (Lipinski definition) is 1. The summed E-state index contributed by atoms with van der Waals surface area (Å²) in [6.07, 6.45) is 4.76. The molecule has 0 saturated heterocycles. The molecule has 0 amide bonds. The van der Waals surface area contributed by atoms with Crippen LogP contribution in [-0.4, -0.2) is 49.9 Å². The van der Waals surface area contributed by atoms with Crippen LogP contribution in [0.15, 0.2) is 53.6 Å². The third-order valence-electron chi connectivity index (χ3n) is 4.64. The minimum atomic E-state index is -3.91. The van der Waals surface area contributed by atoms with E-state index in [1.54, 1.807) is 0 Å². The Hall–Kier alpha value is -2.71. The molecule has 0 atom stereocenters. The first-order valence-corrected chi connectivity index (χ1v) is 10.7. The molecule has 1 N–H and O–H groups in total. The first-order valence-electron chi connectivity index (χ1n) is 9.08. The summed E-state index contributed by atoms with van der Waals surface area (Å²) in [4.78, 5) is 0. The maximum absolute atomic E-state index is 10.8. The van der Waals surface area contributed by atoms with Crippen LogP contribution in [0.1, 0.15) is 24.0 Å². The second-order valence-corrected chi connectivity index (χ2v) is 8.26. The molecular formula is C20H25N4O3S+. The first-order chi connectivity index (χ1) is 13.3. The Labute approximate surface area is 165 Å². The van der Waals surface area contributed by atoms with Crippen molar-refractivity contribution in [1.82, 2.24) is 0 Å². The summed E-state index contributed by atoms with van der Waals surface area (Å²) in [6.45, 7) is 0.716. The molecule has 2 aromatic rings. The third-order valence-corrected chi connectivity index (χ3v) is 5.44. The lowest BCUT2D eigenvalue weighted by atomic mass is 10.1. The second-order valence-electron chi connectivity index (χ2n) is 6.69. The molecule has 0 saturated carbocycles. The maximum Gasteiger partial charge on any atom is 0.264 e. The van der Waals surface area contributed by atoms with Gasteiger partial charge >= 0.3 is 0 Å². The topological polar surface area (TPSA) is 76.2 Å². The van der Waals surface area contributed by atoms with Gasteiger partial charge in [0, 0.05) is 24.6 Å². The lowest BCUT2D eigenvalue weighted by molar-refractivity contribution is -0.540. The molecular weight excluding hydrogens is 376 g/mol. The molecule has 0 bridgehead atoms. The van der Waals surface area contributed by atoms with Crippen molar-refractivity contribution in [3.05, 3.63) is 59.7 Å². The quantitative estimate of drug-likeness (QED) is 0.254. The molecule has 0 aliphatic carbocycles. The number of hydrazone groups is 2. The van der Waals surface area contributed by atoms with Crippen LogP contribution in [0, 0.1) is 0 Å². The molecule has 2 aromatic carbocycles. The molecule has 3 rings (SSSR count). The predicted octanol–water partition coefficient (Wildman–Crippen LogP) is 2.77. The zero-order chi connectivity index (χ0) is 20.1. The number of unbranched alkanes of at least 4 members (excludes halogenated alkanes) is 1. The van der Waals surface area contributed by atoms with Crippen molar-refractivity contribution < 1.29 is 17.7 Å². The van der Waals surface area contributed by atoms with Crippen LogP contribution in [0.3, 0.4) is 0 Å². The van der Waals surface area contributed by atoms with Gasteiger partial charge in [0.15, 0.2) is 12.8 Å². The second kappa shape index (κ2) is 8.53. The van der Waals surface area contributed by atoms with Crippen molar-refractivity contribution in [2.24, 2.45) is 5.10 Å². The molecule has 148 valence electrons. The average molecular weight is 402 g/mol. The summed E-state index contributed by atoms with van der Waals surface area (Å²) in [6, 6.07) is 16.1. The molecule has 28 heavy (non-hydrogen) atoms. The van der Waals surface area contributed by atoms with E-state index in [2.05, 4.69) is 11.2 Å². The fourth-order valence-corrected chi connectivity index (χ4v) is 3.73. The summed E-state index contributed by atoms with van der Waals surface area (Å²) in [5.74, 6) is -0.224. The molecule has 7 nitrogen and oxygen atoms in total.